The van der Waals surface area contributed by atoms with E-state index >= 15 is 0 Å². The number of carbonyl (C=O) groups excluding carboxylic acids is 2. The number of rotatable bonds is 4. The minimum atomic E-state index is -4.90. The lowest BCUT2D eigenvalue weighted by atomic mass is 9.97. The number of nitrogens with zero attached hydrogens (tertiary/aromatic N) is 2. The molecule has 2 aliphatic rings. The summed E-state index contributed by atoms with van der Waals surface area (Å²) in [7, 11) is 0. The van der Waals surface area contributed by atoms with Crippen LogP contribution in [-0.4, -0.2) is 35.9 Å². The van der Waals surface area contributed by atoms with E-state index in [1.165, 1.54) is 11.0 Å². The first-order valence-electron chi connectivity index (χ1n) is 10.2. The van der Waals surface area contributed by atoms with Crippen LogP contribution in [0.5, 0.6) is 5.75 Å². The van der Waals surface area contributed by atoms with Crippen molar-refractivity contribution in [3.8, 4) is 5.75 Å². The number of benzene rings is 2. The molecule has 1 saturated heterocycles. The molecule has 1 fully saturated rings. The van der Waals surface area contributed by atoms with Gasteiger partial charge in [-0.15, -0.1) is 13.2 Å². The third-order valence-electron chi connectivity index (χ3n) is 5.34. The summed E-state index contributed by atoms with van der Waals surface area (Å²) in [6.07, 6.45) is 2.53. The predicted molar refractivity (Wildman–Crippen MR) is 123 cm³/mol. The van der Waals surface area contributed by atoms with Crippen LogP contribution in [0.15, 0.2) is 66.3 Å². The van der Waals surface area contributed by atoms with E-state index in [1.807, 2.05) is 18.2 Å². The van der Waals surface area contributed by atoms with Gasteiger partial charge in [-0.25, -0.2) is 14.5 Å². The summed E-state index contributed by atoms with van der Waals surface area (Å²) < 4.78 is 41.2. The molecule has 4 rings (SSSR count). The van der Waals surface area contributed by atoms with Gasteiger partial charge in [0, 0.05) is 16.4 Å². The van der Waals surface area contributed by atoms with Gasteiger partial charge in [0.1, 0.15) is 5.75 Å². The minimum Gasteiger partial charge on any atom is -0.404 e. The number of anilines is 2. The standard InChI is InChI=1S/C23H18Cl2F3N3O3/c24-15-6-9-17(10-7-15)31-19(14-4-2-1-3-5-14)13-30(22(31)33)21(32)29-16-8-11-20(18(25)12-16)34-23(26,27)28/h1-2,4,6-12,19H,3,5,13H2,(H,29,32). The second kappa shape index (κ2) is 9.60. The molecule has 1 aliphatic carbocycles. The van der Waals surface area contributed by atoms with E-state index in [-0.39, 0.29) is 23.3 Å². The molecule has 2 aromatic rings. The highest BCUT2D eigenvalue weighted by molar-refractivity contribution is 6.32. The van der Waals surface area contributed by atoms with Gasteiger partial charge in [0.05, 0.1) is 17.6 Å². The summed E-state index contributed by atoms with van der Waals surface area (Å²) in [6, 6.07) is 8.37. The van der Waals surface area contributed by atoms with Crippen molar-refractivity contribution in [1.82, 2.24) is 4.90 Å². The third-order valence-corrected chi connectivity index (χ3v) is 5.88. The number of halogens is 5. The van der Waals surface area contributed by atoms with Crippen LogP contribution < -0.4 is 15.0 Å². The largest absolute Gasteiger partial charge is 0.573 e. The molecular formula is C23H18Cl2F3N3O3. The first-order valence-corrected chi connectivity index (χ1v) is 11.0. The van der Waals surface area contributed by atoms with Crippen molar-refractivity contribution in [2.24, 2.45) is 0 Å². The highest BCUT2D eigenvalue weighted by atomic mass is 35.5. The molecule has 0 spiro atoms. The minimum absolute atomic E-state index is 0.0932. The van der Waals surface area contributed by atoms with Crippen molar-refractivity contribution in [2.75, 3.05) is 16.8 Å². The van der Waals surface area contributed by atoms with Gasteiger partial charge in [0.2, 0.25) is 0 Å². The number of urea groups is 2. The van der Waals surface area contributed by atoms with E-state index in [2.05, 4.69) is 10.1 Å². The Bertz CT molecular complexity index is 1170. The topological polar surface area (TPSA) is 61.9 Å². The van der Waals surface area contributed by atoms with Crippen LogP contribution in [-0.2, 0) is 0 Å². The van der Waals surface area contributed by atoms with Gasteiger partial charge in [-0.2, -0.15) is 0 Å². The highest BCUT2D eigenvalue weighted by Gasteiger charge is 2.43. The fourth-order valence-electron chi connectivity index (χ4n) is 3.82. The molecule has 0 saturated carbocycles. The lowest BCUT2D eigenvalue weighted by Crippen LogP contribution is -2.39. The summed E-state index contributed by atoms with van der Waals surface area (Å²) in [5.41, 5.74) is 1.69. The Kier molecular flexibility index (Phi) is 6.77. The fraction of sp³-hybridized carbons (Fsp3) is 0.217. The molecule has 6 nitrogen and oxygen atoms in total. The zero-order valence-electron chi connectivity index (χ0n) is 17.5. The Morgan fingerprint density at radius 2 is 1.85 bits per heavy atom. The van der Waals surface area contributed by atoms with Crippen LogP contribution >= 0.6 is 23.2 Å². The average Bonchev–Trinajstić information content (AvgIpc) is 3.13. The van der Waals surface area contributed by atoms with Crippen LogP contribution in [0, 0.1) is 0 Å². The van der Waals surface area contributed by atoms with Crippen LogP contribution in [0.3, 0.4) is 0 Å². The number of allylic oxidation sites excluding steroid dienone is 3. The summed E-state index contributed by atoms with van der Waals surface area (Å²) in [6.45, 7) is 0.0932. The molecule has 34 heavy (non-hydrogen) atoms. The smallest absolute Gasteiger partial charge is 0.404 e. The second-order valence-electron chi connectivity index (χ2n) is 7.59. The zero-order chi connectivity index (χ0) is 24.5. The first kappa shape index (κ1) is 24.0. The van der Waals surface area contributed by atoms with Gasteiger partial charge in [0.25, 0.3) is 0 Å². The van der Waals surface area contributed by atoms with Gasteiger partial charge in [-0.3, -0.25) is 4.90 Å². The van der Waals surface area contributed by atoms with Crippen molar-refractivity contribution in [1.29, 1.82) is 0 Å². The Balaban J connectivity index is 1.56. The van der Waals surface area contributed by atoms with E-state index in [1.54, 1.807) is 24.3 Å². The monoisotopic (exact) mass is 511 g/mol. The van der Waals surface area contributed by atoms with Crippen molar-refractivity contribution in [3.05, 3.63) is 76.3 Å². The second-order valence-corrected chi connectivity index (χ2v) is 8.43. The van der Waals surface area contributed by atoms with Crippen LogP contribution in [0.25, 0.3) is 0 Å². The number of imide groups is 1. The average molecular weight is 512 g/mol. The maximum absolute atomic E-state index is 13.3. The lowest BCUT2D eigenvalue weighted by molar-refractivity contribution is -0.274. The van der Waals surface area contributed by atoms with E-state index in [9.17, 15) is 22.8 Å². The van der Waals surface area contributed by atoms with Crippen LogP contribution in [0.2, 0.25) is 10.0 Å². The van der Waals surface area contributed by atoms with Gasteiger partial charge in [-0.1, -0.05) is 41.4 Å². The van der Waals surface area contributed by atoms with Gasteiger partial charge in [-0.05, 0) is 60.9 Å². The maximum atomic E-state index is 13.3. The van der Waals surface area contributed by atoms with Crippen LogP contribution in [0.1, 0.15) is 12.8 Å². The molecule has 1 aliphatic heterocycles. The van der Waals surface area contributed by atoms with Crippen molar-refractivity contribution in [2.45, 2.75) is 25.2 Å². The van der Waals surface area contributed by atoms with E-state index < -0.39 is 24.2 Å². The summed E-state index contributed by atoms with van der Waals surface area (Å²) in [5, 5.41) is 2.68. The zero-order valence-corrected chi connectivity index (χ0v) is 19.0. The molecule has 4 amide bonds. The molecule has 1 heterocycles. The quantitative estimate of drug-likeness (QED) is 0.480. The normalized spacial score (nSPS) is 18.2. The summed E-state index contributed by atoms with van der Waals surface area (Å²) in [4.78, 5) is 28.8. The van der Waals surface area contributed by atoms with E-state index in [0.717, 1.165) is 35.4 Å². The SMILES string of the molecule is O=C(Nc1ccc(OC(F)(F)F)c(Cl)c1)N1CC(C2=CC=CCC2)N(c2ccc(Cl)cc2)C1=O. The Morgan fingerprint density at radius 3 is 2.47 bits per heavy atom. The lowest BCUT2D eigenvalue weighted by Gasteiger charge is -2.26. The number of nitrogens with one attached hydrogen (secondary N) is 1. The van der Waals surface area contributed by atoms with E-state index in [0.29, 0.717) is 10.7 Å². The molecule has 1 N–H and O–H groups in total. The first-order chi connectivity index (χ1) is 16.1. The van der Waals surface area contributed by atoms with Crippen LogP contribution in [0.4, 0.5) is 34.1 Å². The number of hydrogen-bond donors (Lipinski definition) is 1. The fourth-order valence-corrected chi connectivity index (χ4v) is 4.16. The molecular weight excluding hydrogens is 494 g/mol. The molecule has 11 heteroatoms. The van der Waals surface area contributed by atoms with Gasteiger partial charge >= 0.3 is 18.4 Å². The maximum Gasteiger partial charge on any atom is 0.573 e. The van der Waals surface area contributed by atoms with Crippen molar-refractivity contribution >= 4 is 46.6 Å². The molecule has 0 aromatic heterocycles. The molecule has 1 atom stereocenters. The Labute approximate surface area is 203 Å². The molecule has 0 bridgehead atoms. The third kappa shape index (κ3) is 5.31. The van der Waals surface area contributed by atoms with E-state index in [4.69, 9.17) is 23.2 Å². The molecule has 0 radical (unpaired) electrons. The predicted octanol–water partition coefficient (Wildman–Crippen LogP) is 7.01. The highest BCUT2D eigenvalue weighted by Crippen LogP contribution is 2.34. The van der Waals surface area contributed by atoms with Gasteiger partial charge in [0.15, 0.2) is 0 Å². The Hall–Kier alpha value is -3.17. The summed E-state index contributed by atoms with van der Waals surface area (Å²) >= 11 is 11.8. The number of carbonyl (C=O) groups is 2. The Morgan fingerprint density at radius 1 is 1.12 bits per heavy atom. The molecule has 178 valence electrons. The number of amides is 4. The number of alkyl halides is 3. The molecule has 1 unspecified atom stereocenters. The molecule has 2 aromatic carbocycles. The number of ether oxygens (including phenoxy) is 1. The van der Waals surface area contributed by atoms with Crippen molar-refractivity contribution < 1.29 is 27.5 Å². The van der Waals surface area contributed by atoms with Crippen molar-refractivity contribution in [3.63, 3.8) is 0 Å². The number of hydrogen-bond acceptors (Lipinski definition) is 3. The van der Waals surface area contributed by atoms with Gasteiger partial charge < -0.3 is 10.1 Å². The summed E-state index contributed by atoms with van der Waals surface area (Å²) in [5.74, 6) is -0.601.